The molecule has 2 rings (SSSR count). The molecule has 0 radical (unpaired) electrons. The van der Waals surface area contributed by atoms with Crippen molar-refractivity contribution in [2.75, 3.05) is 13.7 Å². The number of methoxy groups -OCH3 is 1. The predicted octanol–water partition coefficient (Wildman–Crippen LogP) is 3.04. The van der Waals surface area contributed by atoms with E-state index in [1.807, 2.05) is 0 Å². The van der Waals surface area contributed by atoms with Crippen molar-refractivity contribution < 1.29 is 14.6 Å². The molecular formula is C17H25NO3. The van der Waals surface area contributed by atoms with Gasteiger partial charge in [0.05, 0.1) is 13.0 Å². The van der Waals surface area contributed by atoms with E-state index in [1.165, 1.54) is 11.1 Å². The van der Waals surface area contributed by atoms with Crippen LogP contribution in [0.25, 0.3) is 0 Å². The molecule has 1 saturated heterocycles. The molecule has 1 fully saturated rings. The molecule has 1 aromatic rings. The van der Waals surface area contributed by atoms with E-state index in [-0.39, 0.29) is 17.4 Å². The molecule has 1 aliphatic rings. The van der Waals surface area contributed by atoms with Gasteiger partial charge in [-0.25, -0.2) is 0 Å². The lowest BCUT2D eigenvalue weighted by atomic mass is 9.82. The van der Waals surface area contributed by atoms with E-state index in [4.69, 9.17) is 4.74 Å². The summed E-state index contributed by atoms with van der Waals surface area (Å²) in [6.07, 6.45) is 0.610. The van der Waals surface area contributed by atoms with Gasteiger partial charge in [0.2, 0.25) is 0 Å². The molecule has 21 heavy (non-hydrogen) atoms. The zero-order valence-electron chi connectivity index (χ0n) is 13.5. The van der Waals surface area contributed by atoms with Gasteiger partial charge < -0.3 is 15.2 Å². The lowest BCUT2D eigenvalue weighted by Gasteiger charge is -2.26. The highest BCUT2D eigenvalue weighted by Gasteiger charge is 2.33. The lowest BCUT2D eigenvalue weighted by Crippen LogP contribution is -2.19. The Labute approximate surface area is 126 Å². The van der Waals surface area contributed by atoms with Crippen LogP contribution in [0.4, 0.5) is 0 Å². The van der Waals surface area contributed by atoms with Crippen LogP contribution in [0.15, 0.2) is 12.1 Å². The largest absolute Gasteiger partial charge is 0.496 e. The maximum Gasteiger partial charge on any atom is 0.307 e. The Kier molecular flexibility index (Phi) is 4.28. The van der Waals surface area contributed by atoms with E-state index in [2.05, 4.69) is 45.1 Å². The van der Waals surface area contributed by atoms with E-state index in [0.29, 0.717) is 13.0 Å². The molecule has 2 N–H and O–H groups in total. The molecule has 0 bridgehead atoms. The smallest absolute Gasteiger partial charge is 0.307 e. The molecular weight excluding hydrogens is 266 g/mol. The molecule has 2 atom stereocenters. The Bertz CT molecular complexity index is 546. The lowest BCUT2D eigenvalue weighted by molar-refractivity contribution is -0.141. The molecule has 2 unspecified atom stereocenters. The van der Waals surface area contributed by atoms with E-state index in [1.54, 1.807) is 7.11 Å². The molecule has 0 aromatic heterocycles. The number of carboxylic acids is 1. The first-order valence-electron chi connectivity index (χ1n) is 7.39. The van der Waals surface area contributed by atoms with Crippen LogP contribution in [0.1, 0.15) is 49.9 Å². The minimum absolute atomic E-state index is 0.0169. The number of nitrogens with one attached hydrogen (secondary N) is 1. The van der Waals surface area contributed by atoms with Gasteiger partial charge in [0.1, 0.15) is 5.75 Å². The number of ether oxygens (including phenoxy) is 1. The van der Waals surface area contributed by atoms with Gasteiger partial charge in [-0.3, -0.25) is 4.79 Å². The number of carboxylic acid groups (broad SMARTS) is 1. The van der Waals surface area contributed by atoms with Crippen molar-refractivity contribution in [3.05, 3.63) is 28.8 Å². The van der Waals surface area contributed by atoms with Gasteiger partial charge in [-0.05, 0) is 18.8 Å². The topological polar surface area (TPSA) is 58.6 Å². The molecule has 0 saturated carbocycles. The van der Waals surface area contributed by atoms with Crippen LogP contribution in [-0.4, -0.2) is 24.7 Å². The van der Waals surface area contributed by atoms with Crippen molar-refractivity contribution in [2.45, 2.75) is 45.6 Å². The number of aryl methyl sites for hydroxylation is 1. The highest BCUT2D eigenvalue weighted by atomic mass is 16.5. The fourth-order valence-electron chi connectivity index (χ4n) is 3.01. The molecule has 116 valence electrons. The SMILES string of the molecule is COc1c(C2CC(C(=O)O)CN2)cc(C)cc1C(C)(C)C. The Hall–Kier alpha value is -1.55. The van der Waals surface area contributed by atoms with Crippen LogP contribution >= 0.6 is 0 Å². The highest BCUT2D eigenvalue weighted by molar-refractivity contribution is 5.71. The molecule has 1 heterocycles. The Balaban J connectivity index is 2.45. The molecule has 4 nitrogen and oxygen atoms in total. The van der Waals surface area contributed by atoms with E-state index < -0.39 is 5.97 Å². The molecule has 4 heteroatoms. The standard InChI is InChI=1S/C17H25NO3/c1-10-6-12(14-8-11(9-18-14)16(19)20)15(21-5)13(7-10)17(2,3)4/h6-7,11,14,18H,8-9H2,1-5H3,(H,19,20). The molecule has 1 aliphatic heterocycles. The van der Waals surface area contributed by atoms with Gasteiger partial charge in [0, 0.05) is 23.7 Å². The van der Waals surface area contributed by atoms with Crippen LogP contribution < -0.4 is 10.1 Å². The summed E-state index contributed by atoms with van der Waals surface area (Å²) in [6, 6.07) is 4.31. The second-order valence-electron chi connectivity index (χ2n) is 6.92. The van der Waals surface area contributed by atoms with E-state index in [0.717, 1.165) is 11.3 Å². The van der Waals surface area contributed by atoms with Gasteiger partial charge in [0.15, 0.2) is 0 Å². The average molecular weight is 291 g/mol. The third-order valence-electron chi connectivity index (χ3n) is 4.13. The summed E-state index contributed by atoms with van der Waals surface area (Å²) in [5.74, 6) is -0.164. The van der Waals surface area contributed by atoms with Crippen molar-refractivity contribution in [1.82, 2.24) is 5.32 Å². The van der Waals surface area contributed by atoms with Crippen LogP contribution in [0, 0.1) is 12.8 Å². The zero-order chi connectivity index (χ0) is 15.8. The third kappa shape index (κ3) is 3.21. The number of rotatable bonds is 3. The molecule has 1 aromatic carbocycles. The van der Waals surface area contributed by atoms with Crippen LogP contribution in [-0.2, 0) is 10.2 Å². The quantitative estimate of drug-likeness (QED) is 0.898. The Morgan fingerprint density at radius 3 is 2.52 bits per heavy atom. The third-order valence-corrected chi connectivity index (χ3v) is 4.13. The minimum atomic E-state index is -0.729. The summed E-state index contributed by atoms with van der Waals surface area (Å²) >= 11 is 0. The first-order chi connectivity index (χ1) is 9.74. The summed E-state index contributed by atoms with van der Waals surface area (Å²) in [7, 11) is 1.69. The minimum Gasteiger partial charge on any atom is -0.496 e. The Morgan fingerprint density at radius 1 is 1.38 bits per heavy atom. The predicted molar refractivity (Wildman–Crippen MR) is 82.9 cm³/mol. The van der Waals surface area contributed by atoms with Crippen LogP contribution in [0.3, 0.4) is 0 Å². The number of hydrogen-bond donors (Lipinski definition) is 2. The van der Waals surface area contributed by atoms with Crippen molar-refractivity contribution in [1.29, 1.82) is 0 Å². The first kappa shape index (κ1) is 15.8. The first-order valence-corrected chi connectivity index (χ1v) is 7.39. The van der Waals surface area contributed by atoms with Gasteiger partial charge >= 0.3 is 5.97 Å². The summed E-state index contributed by atoms with van der Waals surface area (Å²) < 4.78 is 5.68. The molecule has 0 amide bonds. The summed E-state index contributed by atoms with van der Waals surface area (Å²) in [4.78, 5) is 11.2. The van der Waals surface area contributed by atoms with Crippen molar-refractivity contribution in [2.24, 2.45) is 5.92 Å². The summed E-state index contributed by atoms with van der Waals surface area (Å²) in [6.45, 7) is 9.08. The normalized spacial score (nSPS) is 22.3. The summed E-state index contributed by atoms with van der Waals surface area (Å²) in [5, 5.41) is 12.5. The number of aliphatic carboxylic acids is 1. The van der Waals surface area contributed by atoms with Crippen LogP contribution in [0.2, 0.25) is 0 Å². The second-order valence-corrected chi connectivity index (χ2v) is 6.92. The Morgan fingerprint density at radius 2 is 2.05 bits per heavy atom. The fraction of sp³-hybridized carbons (Fsp3) is 0.588. The fourth-order valence-corrected chi connectivity index (χ4v) is 3.01. The molecule has 0 aliphatic carbocycles. The maximum atomic E-state index is 11.2. The number of hydrogen-bond acceptors (Lipinski definition) is 3. The maximum absolute atomic E-state index is 11.2. The zero-order valence-corrected chi connectivity index (χ0v) is 13.5. The van der Waals surface area contributed by atoms with Gasteiger partial charge in [-0.15, -0.1) is 0 Å². The second kappa shape index (κ2) is 5.68. The van der Waals surface area contributed by atoms with E-state index >= 15 is 0 Å². The summed E-state index contributed by atoms with van der Waals surface area (Å²) in [5.41, 5.74) is 3.40. The van der Waals surface area contributed by atoms with Crippen molar-refractivity contribution in [3.8, 4) is 5.75 Å². The van der Waals surface area contributed by atoms with Gasteiger partial charge in [-0.1, -0.05) is 38.5 Å². The van der Waals surface area contributed by atoms with Gasteiger partial charge in [-0.2, -0.15) is 0 Å². The highest BCUT2D eigenvalue weighted by Crippen LogP contribution is 2.40. The van der Waals surface area contributed by atoms with Gasteiger partial charge in [0.25, 0.3) is 0 Å². The van der Waals surface area contributed by atoms with E-state index in [9.17, 15) is 9.90 Å². The average Bonchev–Trinajstić information content (AvgIpc) is 2.86. The number of carbonyl (C=O) groups is 1. The monoisotopic (exact) mass is 291 g/mol. The molecule has 0 spiro atoms. The number of benzene rings is 1. The van der Waals surface area contributed by atoms with Crippen LogP contribution in [0.5, 0.6) is 5.75 Å². The van der Waals surface area contributed by atoms with Crippen molar-refractivity contribution >= 4 is 5.97 Å². The van der Waals surface area contributed by atoms with Crippen molar-refractivity contribution in [3.63, 3.8) is 0 Å².